The number of ether oxygens (including phenoxy) is 1. The van der Waals surface area contributed by atoms with Gasteiger partial charge < -0.3 is 19.9 Å². The fraction of sp³-hybridized carbons (Fsp3) is 0.344. The van der Waals surface area contributed by atoms with E-state index in [2.05, 4.69) is 21.9 Å². The number of carbonyl (C=O) groups excluding carboxylic acids is 1. The summed E-state index contributed by atoms with van der Waals surface area (Å²) in [6, 6.07) is 7.44. The molecule has 0 radical (unpaired) electrons. The Morgan fingerprint density at radius 1 is 1.14 bits per heavy atom. The van der Waals surface area contributed by atoms with Crippen LogP contribution in [0.15, 0.2) is 54.0 Å². The van der Waals surface area contributed by atoms with Gasteiger partial charge in [-0.15, -0.1) is 0 Å². The maximum Gasteiger partial charge on any atom is 0.356 e. The number of rotatable bonds is 3. The maximum atomic E-state index is 16.1. The van der Waals surface area contributed by atoms with Crippen LogP contribution in [0.4, 0.5) is 20.3 Å². The summed E-state index contributed by atoms with van der Waals surface area (Å²) < 4.78 is 39.0. The molecule has 2 bridgehead atoms. The van der Waals surface area contributed by atoms with Crippen LogP contribution in [0.3, 0.4) is 0 Å². The molecular formula is C32H31F2N7O3. The monoisotopic (exact) mass is 599 g/mol. The third-order valence-electron chi connectivity index (χ3n) is 8.52. The number of amides is 1. The Balaban J connectivity index is 1.46. The molecule has 2 saturated heterocycles. The summed E-state index contributed by atoms with van der Waals surface area (Å²) in [6.07, 6.45) is 3.47. The lowest BCUT2D eigenvalue weighted by Crippen LogP contribution is -2.73. The molecule has 226 valence electrons. The summed E-state index contributed by atoms with van der Waals surface area (Å²) in [6.45, 7) is 10.4. The minimum Gasteiger partial charge on any atom is -0.491 e. The second-order valence-corrected chi connectivity index (χ2v) is 12.0. The first-order chi connectivity index (χ1) is 21.2. The molecule has 12 heteroatoms. The summed E-state index contributed by atoms with van der Waals surface area (Å²) in [5.41, 5.74) is 0.429. The van der Waals surface area contributed by atoms with Crippen LogP contribution in [0.1, 0.15) is 31.9 Å². The number of nitrogens with zero attached hydrogens (tertiary/aromatic N) is 6. The standard InChI is InChI=1S/C32H31F2N7O3/c1-4-24(42)39-14-32(15-39)16-40(17-32)29-19-13-21(34)27-25-20(33)7-5-8-22(25)35-10-6-12-44-23-9-11-36-26(18(2)3)28(23)41(30(19)37-27)31(43)38-29/h4-5,7-9,11,13,18,35H,1,6,10,12,14-17H2,2-3H3. The average Bonchev–Trinajstić information content (AvgIpc) is 2.96. The molecule has 4 aromatic rings. The van der Waals surface area contributed by atoms with Gasteiger partial charge in [-0.1, -0.05) is 26.5 Å². The first kappa shape index (κ1) is 27.9. The summed E-state index contributed by atoms with van der Waals surface area (Å²) in [5, 5.41) is 3.49. The number of anilines is 2. The first-order valence-electron chi connectivity index (χ1n) is 14.6. The molecule has 44 heavy (non-hydrogen) atoms. The van der Waals surface area contributed by atoms with E-state index in [0.717, 1.165) is 0 Å². The molecule has 3 aliphatic heterocycles. The summed E-state index contributed by atoms with van der Waals surface area (Å²) >= 11 is 0. The normalized spacial score (nSPS) is 16.9. The molecule has 7 rings (SSSR count). The third kappa shape index (κ3) is 4.39. The van der Waals surface area contributed by atoms with Gasteiger partial charge in [-0.3, -0.25) is 9.78 Å². The molecule has 0 atom stereocenters. The number of hydrogen-bond acceptors (Lipinski definition) is 8. The summed E-state index contributed by atoms with van der Waals surface area (Å²) in [4.78, 5) is 43.4. The van der Waals surface area contributed by atoms with Gasteiger partial charge in [0.2, 0.25) is 5.91 Å². The molecule has 0 aliphatic carbocycles. The molecule has 6 heterocycles. The summed E-state index contributed by atoms with van der Waals surface area (Å²) in [7, 11) is 0. The molecule has 0 saturated carbocycles. The Hall–Kier alpha value is -4.87. The Bertz CT molecular complexity index is 1890. The largest absolute Gasteiger partial charge is 0.491 e. The predicted octanol–water partition coefficient (Wildman–Crippen LogP) is 4.27. The van der Waals surface area contributed by atoms with E-state index in [-0.39, 0.29) is 40.0 Å². The van der Waals surface area contributed by atoms with Crippen molar-refractivity contribution >= 4 is 28.4 Å². The van der Waals surface area contributed by atoms with Crippen molar-refractivity contribution in [3.05, 3.63) is 77.0 Å². The number of pyridine rings is 2. The number of hydrogen-bond donors (Lipinski definition) is 1. The number of benzene rings is 1. The van der Waals surface area contributed by atoms with E-state index in [4.69, 9.17) is 9.72 Å². The fourth-order valence-electron chi connectivity index (χ4n) is 6.49. The van der Waals surface area contributed by atoms with Gasteiger partial charge in [-0.2, -0.15) is 4.98 Å². The van der Waals surface area contributed by atoms with Crippen molar-refractivity contribution in [2.24, 2.45) is 5.41 Å². The Morgan fingerprint density at radius 2 is 1.93 bits per heavy atom. The van der Waals surface area contributed by atoms with Gasteiger partial charge in [0, 0.05) is 56.1 Å². The Labute approximate surface area is 252 Å². The van der Waals surface area contributed by atoms with E-state index < -0.39 is 17.3 Å². The highest BCUT2D eigenvalue weighted by Crippen LogP contribution is 2.44. The number of halogens is 2. The van der Waals surface area contributed by atoms with Crippen molar-refractivity contribution in [2.45, 2.75) is 26.2 Å². The Morgan fingerprint density at radius 3 is 2.68 bits per heavy atom. The van der Waals surface area contributed by atoms with Gasteiger partial charge in [0.05, 0.1) is 23.3 Å². The van der Waals surface area contributed by atoms with Crippen LogP contribution < -0.4 is 20.6 Å². The first-order valence-corrected chi connectivity index (χ1v) is 14.6. The number of likely N-dealkylation sites (tertiary alicyclic amines) is 1. The van der Waals surface area contributed by atoms with E-state index in [0.29, 0.717) is 74.0 Å². The molecule has 1 amide bonds. The van der Waals surface area contributed by atoms with Gasteiger partial charge in [-0.05, 0) is 36.6 Å². The zero-order valence-corrected chi connectivity index (χ0v) is 24.4. The zero-order valence-electron chi connectivity index (χ0n) is 24.4. The highest BCUT2D eigenvalue weighted by atomic mass is 19.1. The van der Waals surface area contributed by atoms with Crippen LogP contribution in [0.25, 0.3) is 28.0 Å². The van der Waals surface area contributed by atoms with Crippen LogP contribution in [-0.2, 0) is 4.79 Å². The quantitative estimate of drug-likeness (QED) is 0.348. The van der Waals surface area contributed by atoms with E-state index in [1.807, 2.05) is 18.7 Å². The lowest BCUT2D eigenvalue weighted by atomic mass is 9.72. The van der Waals surface area contributed by atoms with Gasteiger partial charge in [0.25, 0.3) is 0 Å². The number of aromatic nitrogens is 4. The van der Waals surface area contributed by atoms with Crippen molar-refractivity contribution in [2.75, 3.05) is 49.5 Å². The molecule has 3 aliphatic rings. The molecule has 1 spiro atoms. The third-order valence-corrected chi connectivity index (χ3v) is 8.52. The van der Waals surface area contributed by atoms with Gasteiger partial charge in [0.1, 0.15) is 28.8 Å². The molecule has 1 N–H and O–H groups in total. The second kappa shape index (κ2) is 10.4. The van der Waals surface area contributed by atoms with Crippen LogP contribution in [0.5, 0.6) is 5.75 Å². The smallest absolute Gasteiger partial charge is 0.356 e. The zero-order chi connectivity index (χ0) is 30.7. The van der Waals surface area contributed by atoms with Crippen LogP contribution in [0, 0.1) is 17.0 Å². The predicted molar refractivity (Wildman–Crippen MR) is 162 cm³/mol. The van der Waals surface area contributed by atoms with E-state index in [1.165, 1.54) is 22.8 Å². The molecule has 10 nitrogen and oxygen atoms in total. The molecule has 1 aromatic carbocycles. The van der Waals surface area contributed by atoms with E-state index >= 15 is 8.78 Å². The SMILES string of the molecule is C=CC(=O)N1CC2(C1)CN(c1nc(=O)n3c4nc(c(F)cc14)-c1c(F)cccc1NCCCOc1ccnc(C(C)C)c1-3)C2. The molecule has 2 fully saturated rings. The Kier molecular flexibility index (Phi) is 6.60. The topological polar surface area (TPSA) is 105 Å². The van der Waals surface area contributed by atoms with Crippen molar-refractivity contribution < 1.29 is 18.3 Å². The van der Waals surface area contributed by atoms with Gasteiger partial charge in [0.15, 0.2) is 11.5 Å². The lowest BCUT2D eigenvalue weighted by molar-refractivity contribution is -0.139. The second-order valence-electron chi connectivity index (χ2n) is 12.0. The number of carbonyl (C=O) groups is 1. The van der Waals surface area contributed by atoms with Crippen molar-refractivity contribution in [3.63, 3.8) is 0 Å². The lowest BCUT2D eigenvalue weighted by Gasteiger charge is -2.60. The minimum atomic E-state index is -0.748. The van der Waals surface area contributed by atoms with Crippen molar-refractivity contribution in [1.29, 1.82) is 0 Å². The van der Waals surface area contributed by atoms with E-state index in [9.17, 15) is 9.59 Å². The average molecular weight is 600 g/mol. The molecule has 0 unspecified atom stereocenters. The highest BCUT2D eigenvalue weighted by Gasteiger charge is 2.53. The maximum absolute atomic E-state index is 16.1. The molecule has 3 aromatic heterocycles. The van der Waals surface area contributed by atoms with Crippen molar-refractivity contribution in [1.82, 2.24) is 24.4 Å². The molecular weight excluding hydrogens is 568 g/mol. The number of nitrogens with one attached hydrogen (secondary N) is 1. The minimum absolute atomic E-state index is 0.0238. The van der Waals surface area contributed by atoms with Gasteiger partial charge in [-0.25, -0.2) is 23.1 Å². The van der Waals surface area contributed by atoms with E-state index in [1.54, 1.807) is 29.3 Å². The van der Waals surface area contributed by atoms with Crippen molar-refractivity contribution in [3.8, 4) is 22.7 Å². The number of fused-ring (bicyclic) bond motifs is 5. The van der Waals surface area contributed by atoms with Gasteiger partial charge >= 0.3 is 5.69 Å². The van der Waals surface area contributed by atoms with Crippen LogP contribution in [0.2, 0.25) is 0 Å². The fourth-order valence-corrected chi connectivity index (χ4v) is 6.49. The van der Waals surface area contributed by atoms with Crippen LogP contribution in [-0.4, -0.2) is 69.7 Å². The highest BCUT2D eigenvalue weighted by molar-refractivity contribution is 5.92. The summed E-state index contributed by atoms with van der Waals surface area (Å²) in [5.74, 6) is -0.926. The van der Waals surface area contributed by atoms with Crippen LogP contribution >= 0.6 is 0 Å².